The van der Waals surface area contributed by atoms with Crippen LogP contribution >= 0.6 is 11.6 Å². The summed E-state index contributed by atoms with van der Waals surface area (Å²) in [5.41, 5.74) is -0.116. The number of piperidine rings is 1. The highest BCUT2D eigenvalue weighted by Crippen LogP contribution is 2.62. The van der Waals surface area contributed by atoms with E-state index < -0.39 is 5.60 Å². The molecule has 3 aliphatic rings. The van der Waals surface area contributed by atoms with Crippen LogP contribution in [0.4, 0.5) is 0 Å². The third-order valence-electron chi connectivity index (χ3n) is 5.57. The molecule has 0 spiro atoms. The first kappa shape index (κ1) is 13.6. The van der Waals surface area contributed by atoms with Crippen molar-refractivity contribution in [1.29, 1.82) is 0 Å². The van der Waals surface area contributed by atoms with Crippen molar-refractivity contribution in [3.8, 4) is 0 Å². The lowest BCUT2D eigenvalue weighted by Gasteiger charge is -2.33. The van der Waals surface area contributed by atoms with Gasteiger partial charge in [-0.3, -0.25) is 4.79 Å². The second kappa shape index (κ2) is 4.72. The van der Waals surface area contributed by atoms with E-state index in [2.05, 4.69) is 0 Å². The summed E-state index contributed by atoms with van der Waals surface area (Å²) >= 11 is 5.91. The largest absolute Gasteiger partial charge is 0.379 e. The van der Waals surface area contributed by atoms with Crippen LogP contribution in [0.3, 0.4) is 0 Å². The minimum absolute atomic E-state index is 0.0397. The van der Waals surface area contributed by atoms with Gasteiger partial charge in [0.1, 0.15) is 0 Å². The number of nitrogens with zero attached hydrogens (tertiary/aromatic N) is 1. The summed E-state index contributed by atoms with van der Waals surface area (Å²) in [6.45, 7) is 0.716. The first-order valence-corrected chi connectivity index (χ1v) is 8.29. The maximum atomic E-state index is 12.7. The Bertz CT molecular complexity index is 567. The fraction of sp³-hybridized carbons (Fsp3) is 0.588. The highest BCUT2D eigenvalue weighted by atomic mass is 35.5. The normalized spacial score (nSPS) is 35.9. The zero-order valence-corrected chi connectivity index (χ0v) is 12.7. The third kappa shape index (κ3) is 1.94. The van der Waals surface area contributed by atoms with Crippen molar-refractivity contribution in [3.05, 3.63) is 34.9 Å². The number of carbonyl (C=O) groups excluding carboxylic acids is 1. The van der Waals surface area contributed by atoms with Crippen LogP contribution in [0.15, 0.2) is 24.3 Å². The summed E-state index contributed by atoms with van der Waals surface area (Å²) in [4.78, 5) is 14.6. The van der Waals surface area contributed by atoms with Crippen molar-refractivity contribution in [1.82, 2.24) is 4.90 Å². The summed E-state index contributed by atoms with van der Waals surface area (Å²) in [7, 11) is 0. The Balaban J connectivity index is 1.53. The van der Waals surface area contributed by atoms with Gasteiger partial charge >= 0.3 is 0 Å². The molecule has 21 heavy (non-hydrogen) atoms. The maximum absolute atomic E-state index is 12.7. The van der Waals surface area contributed by atoms with Gasteiger partial charge in [-0.1, -0.05) is 43.0 Å². The summed E-state index contributed by atoms with van der Waals surface area (Å²) in [6.07, 6.45) is 5.89. The van der Waals surface area contributed by atoms with E-state index in [1.54, 1.807) is 0 Å². The molecular formula is C17H20ClNO2. The molecule has 0 bridgehead atoms. The van der Waals surface area contributed by atoms with Crippen LogP contribution in [0.25, 0.3) is 0 Å². The molecule has 1 aliphatic heterocycles. The zero-order valence-electron chi connectivity index (χ0n) is 12.0. The number of rotatable bonds is 2. The molecule has 1 amide bonds. The van der Waals surface area contributed by atoms with E-state index in [0.29, 0.717) is 17.6 Å². The standard InChI is InChI=1S/C17H20ClNO2/c18-12-8-6-11(7-9-12)15-14-10-19(16(20)17(14,15)21)13-4-2-1-3-5-13/h6-9,13-15,21H,1-5,10H2. The summed E-state index contributed by atoms with van der Waals surface area (Å²) in [5, 5.41) is 11.5. The van der Waals surface area contributed by atoms with E-state index >= 15 is 0 Å². The molecule has 1 aromatic carbocycles. The Morgan fingerprint density at radius 1 is 1.14 bits per heavy atom. The molecule has 3 fully saturated rings. The van der Waals surface area contributed by atoms with E-state index in [-0.39, 0.29) is 17.7 Å². The monoisotopic (exact) mass is 305 g/mol. The van der Waals surface area contributed by atoms with Crippen molar-refractivity contribution < 1.29 is 9.90 Å². The van der Waals surface area contributed by atoms with Gasteiger partial charge in [0.2, 0.25) is 0 Å². The van der Waals surface area contributed by atoms with Crippen LogP contribution in [0.1, 0.15) is 43.6 Å². The van der Waals surface area contributed by atoms with E-state index in [1.165, 1.54) is 19.3 Å². The molecule has 1 heterocycles. The predicted molar refractivity (Wildman–Crippen MR) is 81.2 cm³/mol. The number of benzene rings is 1. The number of carbonyl (C=O) groups is 1. The number of hydrogen-bond donors (Lipinski definition) is 1. The summed E-state index contributed by atoms with van der Waals surface area (Å²) in [5.74, 6) is -0.0189. The Labute approximate surface area is 129 Å². The van der Waals surface area contributed by atoms with Crippen molar-refractivity contribution >= 4 is 17.5 Å². The molecule has 1 aromatic rings. The molecule has 1 saturated heterocycles. The number of likely N-dealkylation sites (tertiary alicyclic amines) is 1. The summed E-state index contributed by atoms with van der Waals surface area (Å²) < 4.78 is 0. The molecule has 4 rings (SSSR count). The molecule has 3 unspecified atom stereocenters. The Morgan fingerprint density at radius 3 is 2.38 bits per heavy atom. The molecule has 0 radical (unpaired) electrons. The number of halogens is 1. The minimum atomic E-state index is -1.15. The molecule has 3 nitrogen and oxygen atoms in total. The van der Waals surface area contributed by atoms with Crippen LogP contribution in [0.2, 0.25) is 5.02 Å². The van der Waals surface area contributed by atoms with Crippen LogP contribution in [0.5, 0.6) is 0 Å². The second-order valence-corrected chi connectivity index (χ2v) is 7.15. The minimum Gasteiger partial charge on any atom is -0.379 e. The number of aliphatic hydroxyl groups is 1. The van der Waals surface area contributed by atoms with Crippen LogP contribution in [-0.2, 0) is 4.79 Å². The van der Waals surface area contributed by atoms with Gasteiger partial charge < -0.3 is 10.0 Å². The zero-order chi connectivity index (χ0) is 14.6. The number of fused-ring (bicyclic) bond motifs is 1. The van der Waals surface area contributed by atoms with Crippen molar-refractivity contribution in [2.75, 3.05) is 6.54 Å². The molecule has 4 heteroatoms. The molecule has 1 N–H and O–H groups in total. The summed E-state index contributed by atoms with van der Waals surface area (Å²) in [6, 6.07) is 7.88. The lowest BCUT2D eigenvalue weighted by Crippen LogP contribution is -2.44. The van der Waals surface area contributed by atoms with Gasteiger partial charge in [0.05, 0.1) is 0 Å². The van der Waals surface area contributed by atoms with E-state index in [4.69, 9.17) is 11.6 Å². The molecule has 0 aromatic heterocycles. The molecular weight excluding hydrogens is 286 g/mol. The lowest BCUT2D eigenvalue weighted by atomic mass is 9.93. The topological polar surface area (TPSA) is 40.5 Å². The predicted octanol–water partition coefficient (Wildman–Crippen LogP) is 2.96. The van der Waals surface area contributed by atoms with E-state index in [9.17, 15) is 9.90 Å². The van der Waals surface area contributed by atoms with Gasteiger partial charge in [0.15, 0.2) is 5.60 Å². The second-order valence-electron chi connectivity index (χ2n) is 6.71. The highest BCUT2D eigenvalue weighted by molar-refractivity contribution is 6.30. The molecule has 3 atom stereocenters. The molecule has 112 valence electrons. The van der Waals surface area contributed by atoms with Crippen LogP contribution < -0.4 is 0 Å². The van der Waals surface area contributed by atoms with Crippen molar-refractivity contribution in [2.24, 2.45) is 5.92 Å². The van der Waals surface area contributed by atoms with Crippen molar-refractivity contribution in [3.63, 3.8) is 0 Å². The lowest BCUT2D eigenvalue weighted by molar-refractivity contribution is -0.141. The average Bonchev–Trinajstić information content (AvgIpc) is 3.02. The number of hydrogen-bond acceptors (Lipinski definition) is 2. The van der Waals surface area contributed by atoms with Crippen molar-refractivity contribution in [2.45, 2.75) is 49.7 Å². The van der Waals surface area contributed by atoms with Crippen LogP contribution in [0, 0.1) is 5.92 Å². The Kier molecular flexibility index (Phi) is 3.05. The van der Waals surface area contributed by atoms with Gasteiger partial charge in [-0.05, 0) is 30.5 Å². The Hall–Kier alpha value is -1.06. The quantitative estimate of drug-likeness (QED) is 0.912. The number of amides is 1. The van der Waals surface area contributed by atoms with Gasteiger partial charge in [-0.25, -0.2) is 0 Å². The fourth-order valence-corrected chi connectivity index (χ4v) is 4.50. The van der Waals surface area contributed by atoms with Crippen LogP contribution in [-0.4, -0.2) is 34.1 Å². The first-order chi connectivity index (χ1) is 10.1. The maximum Gasteiger partial charge on any atom is 0.255 e. The van der Waals surface area contributed by atoms with E-state index in [1.807, 2.05) is 29.2 Å². The van der Waals surface area contributed by atoms with Gasteiger partial charge in [-0.15, -0.1) is 0 Å². The molecule has 2 aliphatic carbocycles. The fourth-order valence-electron chi connectivity index (χ4n) is 4.37. The van der Waals surface area contributed by atoms with Gasteiger partial charge in [0, 0.05) is 29.4 Å². The third-order valence-corrected chi connectivity index (χ3v) is 5.83. The van der Waals surface area contributed by atoms with E-state index in [0.717, 1.165) is 18.4 Å². The first-order valence-electron chi connectivity index (χ1n) is 7.91. The average molecular weight is 306 g/mol. The highest BCUT2D eigenvalue weighted by Gasteiger charge is 2.75. The molecule has 2 saturated carbocycles. The SMILES string of the molecule is O=C1N(C2CCCCC2)CC2C(c3ccc(Cl)cc3)C12O. The smallest absolute Gasteiger partial charge is 0.255 e. The van der Waals surface area contributed by atoms with Gasteiger partial charge in [-0.2, -0.15) is 0 Å². The Morgan fingerprint density at radius 2 is 1.81 bits per heavy atom. The van der Waals surface area contributed by atoms with Gasteiger partial charge in [0.25, 0.3) is 5.91 Å².